The fraction of sp³-hybridized carbons (Fsp3) is 0.242. The standard InChI is InChI=1S/C33H31NO6/c1-38-27(35)22-26-28(30(32(37)39-2)34-20-12-13-21-34)29(23-14-6-3-7-15-23)33(26,25-18-10-5-11-19-25)40-31(36)24-16-8-4-9-17-24/h3-11,14-19,22,30H,12-13,20-21H2,1-2H3/b26-22+/t30-,33-/m0/s1. The first-order valence-electron chi connectivity index (χ1n) is 13.3. The number of likely N-dealkylation sites (tertiary alicyclic amines) is 1. The van der Waals surface area contributed by atoms with E-state index in [2.05, 4.69) is 4.90 Å². The molecule has 7 nitrogen and oxygen atoms in total. The van der Waals surface area contributed by atoms with Crippen molar-refractivity contribution in [3.63, 3.8) is 0 Å². The number of carbonyl (C=O) groups is 3. The molecule has 3 aromatic carbocycles. The van der Waals surface area contributed by atoms with E-state index in [0.29, 0.717) is 40.9 Å². The van der Waals surface area contributed by atoms with Gasteiger partial charge in [-0.15, -0.1) is 0 Å². The van der Waals surface area contributed by atoms with Gasteiger partial charge in [0.05, 0.1) is 19.8 Å². The molecule has 5 rings (SSSR count). The van der Waals surface area contributed by atoms with Gasteiger partial charge in [-0.25, -0.2) is 14.4 Å². The van der Waals surface area contributed by atoms with E-state index < -0.39 is 29.6 Å². The molecule has 0 saturated carbocycles. The average molecular weight is 538 g/mol. The van der Waals surface area contributed by atoms with Crippen LogP contribution in [0.15, 0.2) is 108 Å². The normalized spacial score (nSPS) is 20.5. The molecule has 1 fully saturated rings. The summed E-state index contributed by atoms with van der Waals surface area (Å²) in [6, 6.07) is 26.7. The molecule has 0 aromatic heterocycles. The fourth-order valence-corrected chi connectivity index (χ4v) is 5.66. The van der Waals surface area contributed by atoms with Gasteiger partial charge in [0.25, 0.3) is 0 Å². The summed E-state index contributed by atoms with van der Waals surface area (Å²) >= 11 is 0. The smallest absolute Gasteiger partial charge is 0.339 e. The molecule has 1 aliphatic carbocycles. The van der Waals surface area contributed by atoms with E-state index in [4.69, 9.17) is 14.2 Å². The Labute approximate surface area is 233 Å². The van der Waals surface area contributed by atoms with Gasteiger partial charge in [0, 0.05) is 22.8 Å². The maximum Gasteiger partial charge on any atom is 0.339 e. The first-order valence-corrected chi connectivity index (χ1v) is 13.3. The van der Waals surface area contributed by atoms with E-state index >= 15 is 0 Å². The molecule has 1 aliphatic heterocycles. The van der Waals surface area contributed by atoms with Crippen LogP contribution in [0.25, 0.3) is 5.57 Å². The van der Waals surface area contributed by atoms with Crippen molar-refractivity contribution in [2.75, 3.05) is 27.3 Å². The van der Waals surface area contributed by atoms with Crippen molar-refractivity contribution >= 4 is 23.5 Å². The molecule has 0 spiro atoms. The monoisotopic (exact) mass is 537 g/mol. The maximum atomic E-state index is 13.7. The van der Waals surface area contributed by atoms with Crippen LogP contribution >= 0.6 is 0 Å². The van der Waals surface area contributed by atoms with Crippen molar-refractivity contribution < 1.29 is 28.6 Å². The number of ether oxygens (including phenoxy) is 3. The third-order valence-electron chi connectivity index (χ3n) is 7.46. The van der Waals surface area contributed by atoms with Crippen molar-refractivity contribution in [3.05, 3.63) is 125 Å². The summed E-state index contributed by atoms with van der Waals surface area (Å²) < 4.78 is 16.8. The average Bonchev–Trinajstić information content (AvgIpc) is 3.54. The molecular weight excluding hydrogens is 506 g/mol. The van der Waals surface area contributed by atoms with Crippen LogP contribution in [-0.2, 0) is 29.4 Å². The minimum absolute atomic E-state index is 0.361. The van der Waals surface area contributed by atoms with Crippen LogP contribution in [-0.4, -0.2) is 56.2 Å². The van der Waals surface area contributed by atoms with Crippen LogP contribution in [0.1, 0.15) is 34.3 Å². The molecule has 3 aromatic rings. The predicted octanol–water partition coefficient (Wildman–Crippen LogP) is 4.94. The quantitative estimate of drug-likeness (QED) is 0.229. The Morgan fingerprint density at radius 3 is 1.95 bits per heavy atom. The lowest BCUT2D eigenvalue weighted by molar-refractivity contribution is -0.145. The highest BCUT2D eigenvalue weighted by Gasteiger charge is 2.59. The van der Waals surface area contributed by atoms with Gasteiger partial charge >= 0.3 is 17.9 Å². The number of esters is 3. The van der Waals surface area contributed by atoms with Crippen LogP contribution in [0.3, 0.4) is 0 Å². The highest BCUT2D eigenvalue weighted by Crippen LogP contribution is 2.60. The van der Waals surface area contributed by atoms with E-state index in [1.807, 2.05) is 66.7 Å². The Morgan fingerprint density at radius 1 is 0.800 bits per heavy atom. The third kappa shape index (κ3) is 4.84. The zero-order valence-corrected chi connectivity index (χ0v) is 22.5. The van der Waals surface area contributed by atoms with Gasteiger partial charge in [-0.3, -0.25) is 4.90 Å². The minimum atomic E-state index is -1.49. The van der Waals surface area contributed by atoms with E-state index in [1.165, 1.54) is 20.3 Å². The molecule has 0 bridgehead atoms. The van der Waals surface area contributed by atoms with Gasteiger partial charge < -0.3 is 14.2 Å². The molecule has 2 aliphatic rings. The Hall–Kier alpha value is -4.49. The lowest BCUT2D eigenvalue weighted by Crippen LogP contribution is -2.53. The van der Waals surface area contributed by atoms with Crippen LogP contribution in [0.2, 0.25) is 0 Å². The minimum Gasteiger partial charge on any atom is -0.468 e. The third-order valence-corrected chi connectivity index (χ3v) is 7.46. The van der Waals surface area contributed by atoms with Crippen molar-refractivity contribution in [1.29, 1.82) is 0 Å². The molecule has 2 atom stereocenters. The highest BCUT2D eigenvalue weighted by molar-refractivity contribution is 6.03. The van der Waals surface area contributed by atoms with Crippen molar-refractivity contribution in [3.8, 4) is 0 Å². The highest BCUT2D eigenvalue weighted by atomic mass is 16.6. The number of hydrogen-bond acceptors (Lipinski definition) is 7. The summed E-state index contributed by atoms with van der Waals surface area (Å²) in [7, 11) is 2.65. The van der Waals surface area contributed by atoms with E-state index in [0.717, 1.165) is 18.4 Å². The number of methoxy groups -OCH3 is 2. The SMILES string of the molecule is COC(=O)/C=C1\C([C@@H](C(=O)OC)N2CCCC2)=C(c2ccccc2)[C@]1(OC(=O)c1ccccc1)c1ccccc1. The van der Waals surface area contributed by atoms with Gasteiger partial charge in [0.2, 0.25) is 0 Å². The Kier molecular flexibility index (Phi) is 7.94. The number of carbonyl (C=O) groups excluding carboxylic acids is 3. The van der Waals surface area contributed by atoms with E-state index in [1.54, 1.807) is 24.3 Å². The van der Waals surface area contributed by atoms with Gasteiger partial charge in [-0.05, 0) is 49.2 Å². The van der Waals surface area contributed by atoms with Gasteiger partial charge in [-0.2, -0.15) is 0 Å². The molecule has 1 saturated heterocycles. The fourth-order valence-electron chi connectivity index (χ4n) is 5.66. The number of rotatable bonds is 8. The lowest BCUT2D eigenvalue weighted by atomic mass is 9.60. The summed E-state index contributed by atoms with van der Waals surface area (Å²) in [6.45, 7) is 1.39. The summed E-state index contributed by atoms with van der Waals surface area (Å²) in [5, 5.41) is 0. The van der Waals surface area contributed by atoms with Crippen LogP contribution < -0.4 is 0 Å². The zero-order chi connectivity index (χ0) is 28.1. The van der Waals surface area contributed by atoms with Crippen LogP contribution in [0.4, 0.5) is 0 Å². The Morgan fingerprint density at radius 2 is 1.38 bits per heavy atom. The van der Waals surface area contributed by atoms with Gasteiger partial charge in [-0.1, -0.05) is 78.9 Å². The summed E-state index contributed by atoms with van der Waals surface area (Å²) in [5.41, 5.74) is 1.86. The summed E-state index contributed by atoms with van der Waals surface area (Å²) in [4.78, 5) is 42.1. The van der Waals surface area contributed by atoms with E-state index in [-0.39, 0.29) is 0 Å². The second-order valence-corrected chi connectivity index (χ2v) is 9.71. The summed E-state index contributed by atoms with van der Waals surface area (Å²) in [5.74, 6) is -1.64. The largest absolute Gasteiger partial charge is 0.468 e. The molecule has 204 valence electrons. The van der Waals surface area contributed by atoms with Gasteiger partial charge in [0.1, 0.15) is 6.04 Å². The molecule has 0 unspecified atom stereocenters. The number of benzene rings is 3. The Balaban J connectivity index is 1.84. The molecule has 7 heteroatoms. The van der Waals surface area contributed by atoms with Crippen LogP contribution in [0, 0.1) is 0 Å². The number of nitrogens with zero attached hydrogens (tertiary/aromatic N) is 1. The topological polar surface area (TPSA) is 82.1 Å². The van der Waals surface area contributed by atoms with E-state index in [9.17, 15) is 14.4 Å². The first kappa shape index (κ1) is 27.1. The maximum absolute atomic E-state index is 13.7. The number of hydrogen-bond donors (Lipinski definition) is 0. The second kappa shape index (κ2) is 11.7. The van der Waals surface area contributed by atoms with Crippen LogP contribution in [0.5, 0.6) is 0 Å². The lowest BCUT2D eigenvalue weighted by Gasteiger charge is -2.50. The van der Waals surface area contributed by atoms with Gasteiger partial charge in [0.15, 0.2) is 5.60 Å². The molecule has 1 heterocycles. The molecule has 0 amide bonds. The van der Waals surface area contributed by atoms with Crippen molar-refractivity contribution in [2.45, 2.75) is 24.5 Å². The molecule has 40 heavy (non-hydrogen) atoms. The van der Waals surface area contributed by atoms with Crippen molar-refractivity contribution in [1.82, 2.24) is 4.90 Å². The second-order valence-electron chi connectivity index (χ2n) is 9.71. The molecule has 0 radical (unpaired) electrons. The molecule has 0 N–H and O–H groups in total. The Bertz CT molecular complexity index is 1440. The van der Waals surface area contributed by atoms with Crippen molar-refractivity contribution in [2.24, 2.45) is 0 Å². The zero-order valence-electron chi connectivity index (χ0n) is 22.5. The first-order chi connectivity index (χ1) is 19.5. The molecular formula is C33H31NO6. The predicted molar refractivity (Wildman–Crippen MR) is 150 cm³/mol. The summed E-state index contributed by atoms with van der Waals surface area (Å²) in [6.07, 6.45) is 3.20.